The number of nitrogens with zero attached hydrogens (tertiary/aromatic N) is 4. The number of anilines is 1. The summed E-state index contributed by atoms with van der Waals surface area (Å²) in [6, 6.07) is 6.43. The third kappa shape index (κ3) is 2.61. The van der Waals surface area contributed by atoms with Crippen LogP contribution in [0.4, 0.5) is 5.69 Å². The van der Waals surface area contributed by atoms with E-state index in [9.17, 15) is 0 Å². The second kappa shape index (κ2) is 5.72. The number of piperazine rings is 1. The zero-order valence-electron chi connectivity index (χ0n) is 13.0. The van der Waals surface area contributed by atoms with Crippen molar-refractivity contribution in [1.82, 2.24) is 14.9 Å². The van der Waals surface area contributed by atoms with Crippen molar-refractivity contribution in [2.45, 2.75) is 25.4 Å². The summed E-state index contributed by atoms with van der Waals surface area (Å²) in [6.45, 7) is 4.34. The largest absolute Gasteiger partial charge is 0.474 e. The molecule has 2 aliphatic rings. The molecule has 1 saturated heterocycles. The predicted molar refractivity (Wildman–Crippen MR) is 87.5 cm³/mol. The van der Waals surface area contributed by atoms with Crippen LogP contribution >= 0.6 is 0 Å². The SMILES string of the molecule is CN1CCN(c2ccc3ncnc(OC4CCC4)c3c2)CC1. The minimum atomic E-state index is 0.338. The van der Waals surface area contributed by atoms with Gasteiger partial charge in [-0.2, -0.15) is 0 Å². The van der Waals surface area contributed by atoms with Crippen molar-refractivity contribution in [3.63, 3.8) is 0 Å². The summed E-state index contributed by atoms with van der Waals surface area (Å²) in [6.07, 6.45) is 5.49. The van der Waals surface area contributed by atoms with E-state index in [4.69, 9.17) is 4.74 Å². The minimum absolute atomic E-state index is 0.338. The average molecular weight is 298 g/mol. The van der Waals surface area contributed by atoms with Crippen molar-refractivity contribution in [2.24, 2.45) is 0 Å². The Labute approximate surface area is 130 Å². The molecule has 1 aromatic carbocycles. The molecular weight excluding hydrogens is 276 g/mol. The lowest BCUT2D eigenvalue weighted by Crippen LogP contribution is -2.44. The van der Waals surface area contributed by atoms with Gasteiger partial charge in [-0.3, -0.25) is 0 Å². The van der Waals surface area contributed by atoms with Crippen LogP contribution in [-0.2, 0) is 0 Å². The lowest BCUT2D eigenvalue weighted by Gasteiger charge is -2.34. The first-order chi connectivity index (χ1) is 10.8. The average Bonchev–Trinajstić information content (AvgIpc) is 2.51. The van der Waals surface area contributed by atoms with E-state index in [-0.39, 0.29) is 0 Å². The van der Waals surface area contributed by atoms with Gasteiger partial charge in [0.25, 0.3) is 0 Å². The predicted octanol–water partition coefficient (Wildman–Crippen LogP) is 2.31. The molecule has 2 aromatic rings. The molecule has 0 radical (unpaired) electrons. The number of aromatic nitrogens is 2. The summed E-state index contributed by atoms with van der Waals surface area (Å²) in [7, 11) is 2.18. The molecule has 0 bridgehead atoms. The fraction of sp³-hybridized carbons (Fsp3) is 0.529. The maximum atomic E-state index is 6.05. The Morgan fingerprint density at radius 1 is 1.09 bits per heavy atom. The number of ether oxygens (including phenoxy) is 1. The van der Waals surface area contributed by atoms with Gasteiger partial charge in [0.05, 0.1) is 10.9 Å². The van der Waals surface area contributed by atoms with Crippen LogP contribution in [0.1, 0.15) is 19.3 Å². The van der Waals surface area contributed by atoms with Crippen LogP contribution in [-0.4, -0.2) is 54.2 Å². The normalized spacial score (nSPS) is 20.1. The second-order valence-electron chi connectivity index (χ2n) is 6.34. The van der Waals surface area contributed by atoms with Crippen LogP contribution in [0.3, 0.4) is 0 Å². The molecule has 5 heteroatoms. The van der Waals surface area contributed by atoms with Crippen molar-refractivity contribution in [2.75, 3.05) is 38.1 Å². The third-order valence-corrected chi connectivity index (χ3v) is 4.78. The van der Waals surface area contributed by atoms with Crippen molar-refractivity contribution >= 4 is 16.6 Å². The lowest BCUT2D eigenvalue weighted by atomic mass is 9.96. The molecule has 2 fully saturated rings. The van der Waals surface area contributed by atoms with Gasteiger partial charge in [0.2, 0.25) is 5.88 Å². The van der Waals surface area contributed by atoms with E-state index >= 15 is 0 Å². The smallest absolute Gasteiger partial charge is 0.224 e. The molecular formula is C17H22N4O. The highest BCUT2D eigenvalue weighted by molar-refractivity contribution is 5.86. The molecule has 0 N–H and O–H groups in total. The van der Waals surface area contributed by atoms with Gasteiger partial charge >= 0.3 is 0 Å². The Kier molecular flexibility index (Phi) is 3.58. The molecule has 5 nitrogen and oxygen atoms in total. The quantitative estimate of drug-likeness (QED) is 0.870. The van der Waals surface area contributed by atoms with Crippen molar-refractivity contribution in [1.29, 1.82) is 0 Å². The van der Waals surface area contributed by atoms with Gasteiger partial charge < -0.3 is 14.5 Å². The highest BCUT2D eigenvalue weighted by Gasteiger charge is 2.21. The van der Waals surface area contributed by atoms with Crippen LogP contribution in [0.25, 0.3) is 10.9 Å². The van der Waals surface area contributed by atoms with Gasteiger partial charge in [-0.1, -0.05) is 0 Å². The van der Waals surface area contributed by atoms with E-state index in [1.165, 1.54) is 12.1 Å². The molecule has 4 rings (SSSR count). The topological polar surface area (TPSA) is 41.5 Å². The van der Waals surface area contributed by atoms with E-state index in [1.54, 1.807) is 6.33 Å². The van der Waals surface area contributed by atoms with Gasteiger partial charge in [-0.05, 0) is 44.5 Å². The van der Waals surface area contributed by atoms with Crippen LogP contribution in [0.15, 0.2) is 24.5 Å². The number of benzene rings is 1. The Bertz CT molecular complexity index is 663. The van der Waals surface area contributed by atoms with Crippen LogP contribution < -0.4 is 9.64 Å². The standard InChI is InChI=1S/C17H22N4O/c1-20-7-9-21(10-8-20)13-5-6-16-15(11-13)17(19-12-18-16)22-14-3-2-4-14/h5-6,11-12,14H,2-4,7-10H2,1H3. The monoisotopic (exact) mass is 298 g/mol. The highest BCUT2D eigenvalue weighted by Crippen LogP contribution is 2.31. The molecule has 2 heterocycles. The Hall–Kier alpha value is -1.88. The summed E-state index contributed by atoms with van der Waals surface area (Å²) in [5.74, 6) is 0.741. The van der Waals surface area contributed by atoms with Crippen LogP contribution in [0.5, 0.6) is 5.88 Å². The Balaban J connectivity index is 1.64. The van der Waals surface area contributed by atoms with Gasteiger partial charge in [-0.25, -0.2) is 9.97 Å². The lowest BCUT2D eigenvalue weighted by molar-refractivity contribution is 0.116. The number of rotatable bonds is 3. The van der Waals surface area contributed by atoms with Gasteiger partial charge in [0.15, 0.2) is 0 Å². The van der Waals surface area contributed by atoms with Gasteiger partial charge in [-0.15, -0.1) is 0 Å². The zero-order valence-corrected chi connectivity index (χ0v) is 13.0. The highest BCUT2D eigenvalue weighted by atomic mass is 16.5. The molecule has 1 aliphatic carbocycles. The third-order valence-electron chi connectivity index (χ3n) is 4.78. The van der Waals surface area contributed by atoms with E-state index in [0.29, 0.717) is 6.10 Å². The first-order valence-corrected chi connectivity index (χ1v) is 8.14. The van der Waals surface area contributed by atoms with Crippen LogP contribution in [0.2, 0.25) is 0 Å². The number of hydrogen-bond donors (Lipinski definition) is 0. The molecule has 0 amide bonds. The first-order valence-electron chi connectivity index (χ1n) is 8.14. The van der Waals surface area contributed by atoms with Crippen molar-refractivity contribution in [3.05, 3.63) is 24.5 Å². The van der Waals surface area contributed by atoms with Gasteiger partial charge in [0.1, 0.15) is 12.4 Å². The summed E-state index contributed by atoms with van der Waals surface area (Å²) < 4.78 is 6.05. The van der Waals surface area contributed by atoms with Crippen molar-refractivity contribution in [3.8, 4) is 5.88 Å². The Morgan fingerprint density at radius 2 is 1.91 bits per heavy atom. The number of likely N-dealkylation sites (N-methyl/N-ethyl adjacent to an activating group) is 1. The molecule has 1 aliphatic heterocycles. The second-order valence-corrected chi connectivity index (χ2v) is 6.34. The van der Waals surface area contributed by atoms with Crippen molar-refractivity contribution < 1.29 is 4.74 Å². The Morgan fingerprint density at radius 3 is 2.64 bits per heavy atom. The van der Waals surface area contributed by atoms with E-state index in [1.807, 2.05) is 0 Å². The molecule has 0 spiro atoms. The zero-order chi connectivity index (χ0) is 14.9. The fourth-order valence-corrected chi connectivity index (χ4v) is 3.02. The summed E-state index contributed by atoms with van der Waals surface area (Å²) in [4.78, 5) is 13.5. The molecule has 116 valence electrons. The summed E-state index contributed by atoms with van der Waals surface area (Å²) >= 11 is 0. The molecule has 1 aromatic heterocycles. The van der Waals surface area contributed by atoms with Crippen LogP contribution in [0, 0.1) is 0 Å². The minimum Gasteiger partial charge on any atom is -0.474 e. The molecule has 1 saturated carbocycles. The molecule has 0 unspecified atom stereocenters. The summed E-state index contributed by atoms with van der Waals surface area (Å²) in [5, 5.41) is 1.03. The first kappa shape index (κ1) is 13.8. The maximum absolute atomic E-state index is 6.05. The van der Waals surface area contributed by atoms with Gasteiger partial charge in [0, 0.05) is 31.9 Å². The molecule has 22 heavy (non-hydrogen) atoms. The number of fused-ring (bicyclic) bond motifs is 1. The molecule has 0 atom stereocenters. The van der Waals surface area contributed by atoms with E-state index in [2.05, 4.69) is 45.0 Å². The fourth-order valence-electron chi connectivity index (χ4n) is 3.02. The summed E-state index contributed by atoms with van der Waals surface area (Å²) in [5.41, 5.74) is 2.20. The maximum Gasteiger partial charge on any atom is 0.224 e. The van der Waals surface area contributed by atoms with E-state index < -0.39 is 0 Å². The number of hydrogen-bond acceptors (Lipinski definition) is 5. The van der Waals surface area contributed by atoms with E-state index in [0.717, 1.165) is 55.8 Å².